The molecule has 2 heteroatoms. The van der Waals surface area contributed by atoms with E-state index in [1.54, 1.807) is 0 Å². The number of anilines is 6. The first-order valence-corrected chi connectivity index (χ1v) is 22.9. The summed E-state index contributed by atoms with van der Waals surface area (Å²) in [6.07, 6.45) is 0. The summed E-state index contributed by atoms with van der Waals surface area (Å²) in [6, 6.07) is 73.2. The zero-order chi connectivity index (χ0) is 44.1. The van der Waals surface area contributed by atoms with Crippen molar-refractivity contribution in [3.63, 3.8) is 0 Å². The molecule has 0 saturated carbocycles. The number of para-hydroxylation sites is 2. The highest BCUT2D eigenvalue weighted by atomic mass is 15.2. The number of hydrogen-bond acceptors (Lipinski definition) is 2. The third-order valence-corrected chi connectivity index (χ3v) is 14.9. The summed E-state index contributed by atoms with van der Waals surface area (Å²) in [5.41, 5.74) is 24.6. The molecule has 0 fully saturated rings. The molecule has 65 heavy (non-hydrogen) atoms. The highest BCUT2D eigenvalue weighted by molar-refractivity contribution is 6.19. The number of nitrogens with zero attached hydrogens (tertiary/aromatic N) is 2. The van der Waals surface area contributed by atoms with Crippen molar-refractivity contribution in [3.8, 4) is 22.3 Å². The quantitative estimate of drug-likeness (QED) is 0.165. The molecular weight excluding hydrogens is 785 g/mol. The van der Waals surface area contributed by atoms with Gasteiger partial charge in [0.15, 0.2) is 0 Å². The molecule has 0 aliphatic heterocycles. The molecule has 0 N–H and O–H groups in total. The highest BCUT2D eigenvalue weighted by Crippen LogP contribution is 2.67. The molecule has 2 aliphatic carbocycles. The summed E-state index contributed by atoms with van der Waals surface area (Å²) in [5.74, 6) is 0. The van der Waals surface area contributed by atoms with Crippen molar-refractivity contribution in [1.82, 2.24) is 0 Å². The van der Waals surface area contributed by atoms with Gasteiger partial charge >= 0.3 is 0 Å². The van der Waals surface area contributed by atoms with E-state index in [-0.39, 0.29) is 0 Å². The molecule has 10 aromatic rings. The van der Waals surface area contributed by atoms with Gasteiger partial charge in [-0.3, -0.25) is 0 Å². The third kappa shape index (κ3) is 5.60. The maximum atomic E-state index is 2.57. The van der Waals surface area contributed by atoms with Gasteiger partial charge in [0.1, 0.15) is 0 Å². The highest BCUT2D eigenvalue weighted by Gasteiger charge is 2.53. The average molecular weight is 835 g/mol. The van der Waals surface area contributed by atoms with Crippen molar-refractivity contribution in [2.24, 2.45) is 0 Å². The van der Waals surface area contributed by atoms with Gasteiger partial charge < -0.3 is 9.80 Å². The van der Waals surface area contributed by atoms with Crippen LogP contribution in [0.15, 0.2) is 194 Å². The first kappa shape index (κ1) is 39.0. The molecule has 0 unspecified atom stereocenters. The van der Waals surface area contributed by atoms with Gasteiger partial charge in [0, 0.05) is 33.5 Å². The lowest BCUT2D eigenvalue weighted by Gasteiger charge is -2.34. The van der Waals surface area contributed by atoms with E-state index >= 15 is 0 Å². The second kappa shape index (κ2) is 14.7. The molecule has 2 aliphatic rings. The Morgan fingerprint density at radius 2 is 0.615 bits per heavy atom. The van der Waals surface area contributed by atoms with Crippen LogP contribution in [0.4, 0.5) is 34.1 Å². The van der Waals surface area contributed by atoms with E-state index in [1.807, 2.05) is 0 Å². The van der Waals surface area contributed by atoms with Crippen LogP contribution in [0, 0.1) is 41.5 Å². The molecule has 0 heterocycles. The number of hydrogen-bond donors (Lipinski definition) is 0. The predicted molar refractivity (Wildman–Crippen MR) is 276 cm³/mol. The molecule has 0 amide bonds. The summed E-state index contributed by atoms with van der Waals surface area (Å²) >= 11 is 0. The van der Waals surface area contributed by atoms with E-state index in [9.17, 15) is 0 Å². The maximum absolute atomic E-state index is 2.57. The number of benzene rings is 10. The topological polar surface area (TPSA) is 6.48 Å². The van der Waals surface area contributed by atoms with Crippen LogP contribution in [-0.2, 0) is 5.41 Å². The lowest BCUT2D eigenvalue weighted by molar-refractivity contribution is 0.795. The minimum atomic E-state index is -0.627. The summed E-state index contributed by atoms with van der Waals surface area (Å²) < 4.78 is 0. The Morgan fingerprint density at radius 1 is 0.292 bits per heavy atom. The second-order valence-corrected chi connectivity index (χ2v) is 18.3. The minimum Gasteiger partial charge on any atom is -0.310 e. The van der Waals surface area contributed by atoms with Crippen molar-refractivity contribution in [3.05, 3.63) is 250 Å². The van der Waals surface area contributed by atoms with Crippen LogP contribution in [0.3, 0.4) is 0 Å². The molecule has 0 atom stereocenters. The average Bonchev–Trinajstić information content (AvgIpc) is 3.81. The van der Waals surface area contributed by atoms with Crippen molar-refractivity contribution in [2.75, 3.05) is 9.80 Å². The van der Waals surface area contributed by atoms with Crippen LogP contribution in [0.5, 0.6) is 0 Å². The first-order chi connectivity index (χ1) is 31.8. The molecule has 312 valence electrons. The first-order valence-electron chi connectivity index (χ1n) is 22.9. The van der Waals surface area contributed by atoms with Crippen LogP contribution in [0.1, 0.15) is 55.6 Å². The van der Waals surface area contributed by atoms with Crippen LogP contribution in [0.25, 0.3) is 43.8 Å². The van der Waals surface area contributed by atoms with E-state index in [2.05, 4.69) is 245 Å². The second-order valence-electron chi connectivity index (χ2n) is 18.3. The molecule has 10 aromatic carbocycles. The van der Waals surface area contributed by atoms with Gasteiger partial charge in [0.2, 0.25) is 0 Å². The smallest absolute Gasteiger partial charge is 0.0727 e. The number of aryl methyl sites for hydroxylation is 4. The molecule has 0 saturated heterocycles. The third-order valence-electron chi connectivity index (χ3n) is 14.9. The van der Waals surface area contributed by atoms with Gasteiger partial charge in [0.25, 0.3) is 0 Å². The Morgan fingerprint density at radius 3 is 1.00 bits per heavy atom. The Hall–Kier alpha value is -7.68. The SMILES string of the molecule is Cc1cc(N(c2ccccc2)c2cc3c(c4ccccc24)-c2c(cc(N(c4ccccc4)c4cc(C)c(C)c(C)c4)c4ccccc24)C32c3ccccc3-c3ccccc32)cc(C)c1C. The lowest BCUT2D eigenvalue weighted by Crippen LogP contribution is -2.26. The largest absolute Gasteiger partial charge is 0.310 e. The zero-order valence-electron chi connectivity index (χ0n) is 37.9. The van der Waals surface area contributed by atoms with Gasteiger partial charge in [-0.2, -0.15) is 0 Å². The lowest BCUT2D eigenvalue weighted by atomic mass is 9.70. The van der Waals surface area contributed by atoms with E-state index in [1.165, 1.54) is 111 Å². The molecule has 2 nitrogen and oxygen atoms in total. The van der Waals surface area contributed by atoms with Gasteiger partial charge in [0.05, 0.1) is 16.8 Å². The van der Waals surface area contributed by atoms with Gasteiger partial charge in [-0.25, -0.2) is 0 Å². The fourth-order valence-electron chi connectivity index (χ4n) is 11.5. The molecule has 12 rings (SSSR count). The Bertz CT molecular complexity index is 3280. The molecular formula is C63H50N2. The minimum absolute atomic E-state index is 0.627. The normalized spacial score (nSPS) is 12.9. The van der Waals surface area contributed by atoms with Crippen LogP contribution >= 0.6 is 0 Å². The zero-order valence-corrected chi connectivity index (χ0v) is 37.9. The van der Waals surface area contributed by atoms with Crippen molar-refractivity contribution in [2.45, 2.75) is 47.0 Å². The Balaban J connectivity index is 1.27. The molecule has 0 radical (unpaired) electrons. The Kier molecular flexibility index (Phi) is 8.80. The molecule has 1 spiro atoms. The van der Waals surface area contributed by atoms with E-state index in [0.717, 1.165) is 22.7 Å². The fourth-order valence-corrected chi connectivity index (χ4v) is 11.5. The van der Waals surface area contributed by atoms with Gasteiger partial charge in [-0.05, 0) is 191 Å². The van der Waals surface area contributed by atoms with Crippen LogP contribution in [-0.4, -0.2) is 0 Å². The summed E-state index contributed by atoms with van der Waals surface area (Å²) in [6.45, 7) is 13.5. The standard InChI is InChI=1S/C63H50N2/c1-39-33-47(34-40(2)43(39)5)64(45-21-9-7-10-22-45)59-37-57-61(53-29-15-13-27-51(53)59)62-54-30-16-14-28-52(54)60(65(46-23-11-8-12-24-46)48-35-41(3)44(6)42(4)36-48)38-58(62)63(57)55-31-19-17-25-49(55)50-26-18-20-32-56(50)63/h7-38H,1-6H3. The van der Waals surface area contributed by atoms with Crippen molar-refractivity contribution >= 4 is 55.7 Å². The Labute approximate surface area is 382 Å². The van der Waals surface area contributed by atoms with Gasteiger partial charge in [-0.15, -0.1) is 0 Å². The van der Waals surface area contributed by atoms with E-state index in [0.29, 0.717) is 0 Å². The van der Waals surface area contributed by atoms with Crippen LogP contribution < -0.4 is 9.80 Å². The number of fused-ring (bicyclic) bond motifs is 14. The molecule has 0 aromatic heterocycles. The summed E-state index contributed by atoms with van der Waals surface area (Å²) in [7, 11) is 0. The fraction of sp³-hybridized carbons (Fsp3) is 0.111. The number of rotatable bonds is 6. The maximum Gasteiger partial charge on any atom is 0.0727 e. The summed E-state index contributed by atoms with van der Waals surface area (Å²) in [5, 5.41) is 4.95. The van der Waals surface area contributed by atoms with Gasteiger partial charge in [-0.1, -0.05) is 133 Å². The van der Waals surface area contributed by atoms with Crippen molar-refractivity contribution < 1.29 is 0 Å². The van der Waals surface area contributed by atoms with E-state index in [4.69, 9.17) is 0 Å². The predicted octanol–water partition coefficient (Wildman–Crippen LogP) is 17.1. The van der Waals surface area contributed by atoms with Crippen LogP contribution in [0.2, 0.25) is 0 Å². The molecule has 0 bridgehead atoms. The monoisotopic (exact) mass is 834 g/mol. The summed E-state index contributed by atoms with van der Waals surface area (Å²) in [4.78, 5) is 5.02. The van der Waals surface area contributed by atoms with E-state index < -0.39 is 5.41 Å². The van der Waals surface area contributed by atoms with Crippen molar-refractivity contribution in [1.29, 1.82) is 0 Å².